The smallest absolute Gasteiger partial charge is 0.325 e. The molecule has 0 saturated carbocycles. The molecule has 0 radical (unpaired) electrons. The Morgan fingerprint density at radius 3 is 2.48 bits per heavy atom. The van der Waals surface area contributed by atoms with Crippen LogP contribution in [-0.4, -0.2) is 35.6 Å². The Balaban J connectivity index is 2.30. The van der Waals surface area contributed by atoms with Crippen molar-refractivity contribution in [3.8, 4) is 11.1 Å². The minimum absolute atomic E-state index is 0.201. The standard InChI is InChI=1S/C16H19N5O2/c1-5-20-11(4)14(9(2)18-20)12-6-7-17-16-15(12)10(3)19-21(16)8-13(22)23/h6-7H,5,8H2,1-4H3,(H,22,23). The van der Waals surface area contributed by atoms with E-state index in [1.165, 1.54) is 4.68 Å². The number of carbonyl (C=O) groups is 1. The monoisotopic (exact) mass is 313 g/mol. The van der Waals surface area contributed by atoms with E-state index in [1.807, 2.05) is 31.5 Å². The molecule has 1 N–H and O–H groups in total. The first-order chi connectivity index (χ1) is 10.9. The maximum absolute atomic E-state index is 11.0. The van der Waals surface area contributed by atoms with Gasteiger partial charge in [-0.1, -0.05) is 0 Å². The molecule has 3 heterocycles. The zero-order chi connectivity index (χ0) is 16.7. The van der Waals surface area contributed by atoms with Gasteiger partial charge in [-0.15, -0.1) is 0 Å². The third-order valence-corrected chi connectivity index (χ3v) is 4.04. The van der Waals surface area contributed by atoms with E-state index in [4.69, 9.17) is 5.11 Å². The van der Waals surface area contributed by atoms with Crippen molar-refractivity contribution in [3.05, 3.63) is 29.3 Å². The zero-order valence-electron chi connectivity index (χ0n) is 13.7. The first-order valence-corrected chi connectivity index (χ1v) is 7.52. The highest BCUT2D eigenvalue weighted by Gasteiger charge is 2.20. The van der Waals surface area contributed by atoms with Crippen molar-refractivity contribution in [3.63, 3.8) is 0 Å². The van der Waals surface area contributed by atoms with Crippen LogP contribution in [0.4, 0.5) is 0 Å². The number of carboxylic acids is 1. The van der Waals surface area contributed by atoms with Crippen LogP contribution in [0, 0.1) is 20.8 Å². The number of aromatic nitrogens is 5. The Bertz CT molecular complexity index is 907. The lowest BCUT2D eigenvalue weighted by atomic mass is 10.0. The number of nitrogens with zero attached hydrogens (tertiary/aromatic N) is 5. The van der Waals surface area contributed by atoms with Gasteiger partial charge >= 0.3 is 5.97 Å². The highest BCUT2D eigenvalue weighted by atomic mass is 16.4. The van der Waals surface area contributed by atoms with E-state index in [-0.39, 0.29) is 6.54 Å². The van der Waals surface area contributed by atoms with E-state index >= 15 is 0 Å². The lowest BCUT2D eigenvalue weighted by molar-refractivity contribution is -0.137. The summed E-state index contributed by atoms with van der Waals surface area (Å²) >= 11 is 0. The SMILES string of the molecule is CCn1nc(C)c(-c2ccnc3c2c(C)nn3CC(=O)O)c1C. The molecule has 0 saturated heterocycles. The second kappa shape index (κ2) is 5.49. The third kappa shape index (κ3) is 2.38. The second-order valence-electron chi connectivity index (χ2n) is 5.56. The molecule has 23 heavy (non-hydrogen) atoms. The Morgan fingerprint density at radius 1 is 1.17 bits per heavy atom. The second-order valence-corrected chi connectivity index (χ2v) is 5.56. The van der Waals surface area contributed by atoms with Gasteiger partial charge in [-0.25, -0.2) is 9.67 Å². The molecular weight excluding hydrogens is 294 g/mol. The molecule has 0 bridgehead atoms. The minimum Gasteiger partial charge on any atom is -0.480 e. The number of pyridine rings is 1. The molecule has 0 aliphatic rings. The van der Waals surface area contributed by atoms with Crippen LogP contribution >= 0.6 is 0 Å². The number of fused-ring (bicyclic) bond motifs is 1. The van der Waals surface area contributed by atoms with Crippen LogP contribution in [0.25, 0.3) is 22.2 Å². The van der Waals surface area contributed by atoms with Crippen LogP contribution in [0.15, 0.2) is 12.3 Å². The van der Waals surface area contributed by atoms with Gasteiger partial charge in [0.2, 0.25) is 0 Å². The topological polar surface area (TPSA) is 85.8 Å². The molecule has 0 atom stereocenters. The van der Waals surface area contributed by atoms with Gasteiger partial charge in [0.25, 0.3) is 0 Å². The maximum atomic E-state index is 11.0. The molecule has 0 aliphatic carbocycles. The molecule has 0 unspecified atom stereocenters. The molecule has 3 aromatic heterocycles. The predicted molar refractivity (Wildman–Crippen MR) is 86.3 cm³/mol. The molecule has 0 fully saturated rings. The number of rotatable bonds is 4. The van der Waals surface area contributed by atoms with E-state index in [0.29, 0.717) is 5.65 Å². The molecule has 3 rings (SSSR count). The molecule has 0 aliphatic heterocycles. The Labute approximate surface area is 133 Å². The zero-order valence-corrected chi connectivity index (χ0v) is 13.7. The fourth-order valence-electron chi connectivity index (χ4n) is 3.12. The molecule has 0 spiro atoms. The average molecular weight is 313 g/mol. The normalized spacial score (nSPS) is 11.3. The average Bonchev–Trinajstić information content (AvgIpc) is 2.96. The summed E-state index contributed by atoms with van der Waals surface area (Å²) in [6.07, 6.45) is 1.69. The maximum Gasteiger partial charge on any atom is 0.325 e. The summed E-state index contributed by atoms with van der Waals surface area (Å²) in [6, 6.07) is 1.94. The lowest BCUT2D eigenvalue weighted by Gasteiger charge is -2.06. The van der Waals surface area contributed by atoms with Crippen molar-refractivity contribution in [1.82, 2.24) is 24.5 Å². The molecule has 7 heteroatoms. The van der Waals surface area contributed by atoms with E-state index in [1.54, 1.807) is 6.20 Å². The largest absolute Gasteiger partial charge is 0.480 e. The molecule has 7 nitrogen and oxygen atoms in total. The summed E-state index contributed by atoms with van der Waals surface area (Å²) in [5.74, 6) is -0.937. The van der Waals surface area contributed by atoms with Crippen molar-refractivity contribution >= 4 is 17.0 Å². The van der Waals surface area contributed by atoms with E-state index in [0.717, 1.165) is 40.1 Å². The summed E-state index contributed by atoms with van der Waals surface area (Å²) in [5.41, 5.74) is 5.46. The van der Waals surface area contributed by atoms with Gasteiger partial charge in [0, 0.05) is 29.4 Å². The summed E-state index contributed by atoms with van der Waals surface area (Å²) in [6.45, 7) is 8.56. The lowest BCUT2D eigenvalue weighted by Crippen LogP contribution is -2.10. The molecule has 0 amide bonds. The van der Waals surface area contributed by atoms with Crippen LogP contribution in [0.3, 0.4) is 0 Å². The summed E-state index contributed by atoms with van der Waals surface area (Å²) in [4.78, 5) is 15.4. The van der Waals surface area contributed by atoms with Crippen molar-refractivity contribution in [2.75, 3.05) is 0 Å². The van der Waals surface area contributed by atoms with Crippen molar-refractivity contribution in [2.24, 2.45) is 0 Å². The molecular formula is C16H19N5O2. The number of hydrogen-bond donors (Lipinski definition) is 1. The van der Waals surface area contributed by atoms with E-state index in [9.17, 15) is 4.79 Å². The van der Waals surface area contributed by atoms with Gasteiger partial charge < -0.3 is 5.11 Å². The number of hydrogen-bond acceptors (Lipinski definition) is 4. The van der Waals surface area contributed by atoms with E-state index < -0.39 is 5.97 Å². The number of aliphatic carboxylic acids is 1. The molecule has 3 aromatic rings. The first-order valence-electron chi connectivity index (χ1n) is 7.52. The van der Waals surface area contributed by atoms with Crippen molar-refractivity contribution in [2.45, 2.75) is 40.8 Å². The summed E-state index contributed by atoms with van der Waals surface area (Å²) in [5, 5.41) is 18.8. The van der Waals surface area contributed by atoms with Gasteiger partial charge in [-0.3, -0.25) is 9.48 Å². The van der Waals surface area contributed by atoms with Gasteiger partial charge in [0.05, 0.1) is 11.4 Å². The molecule has 0 aromatic carbocycles. The number of aryl methyl sites for hydroxylation is 3. The van der Waals surface area contributed by atoms with Crippen molar-refractivity contribution in [1.29, 1.82) is 0 Å². The van der Waals surface area contributed by atoms with Gasteiger partial charge in [-0.05, 0) is 39.3 Å². The summed E-state index contributed by atoms with van der Waals surface area (Å²) < 4.78 is 3.40. The van der Waals surface area contributed by atoms with Crippen LogP contribution < -0.4 is 0 Å². The van der Waals surface area contributed by atoms with Gasteiger partial charge in [0.1, 0.15) is 6.54 Å². The van der Waals surface area contributed by atoms with Crippen LogP contribution in [-0.2, 0) is 17.9 Å². The van der Waals surface area contributed by atoms with Gasteiger partial charge in [0.15, 0.2) is 5.65 Å². The fourth-order valence-corrected chi connectivity index (χ4v) is 3.12. The Kier molecular flexibility index (Phi) is 3.63. The quantitative estimate of drug-likeness (QED) is 0.799. The summed E-state index contributed by atoms with van der Waals surface area (Å²) in [7, 11) is 0. The van der Waals surface area contributed by atoms with E-state index in [2.05, 4.69) is 22.1 Å². The molecule has 120 valence electrons. The highest BCUT2D eigenvalue weighted by molar-refractivity contribution is 5.96. The first kappa shape index (κ1) is 15.2. The fraction of sp³-hybridized carbons (Fsp3) is 0.375. The van der Waals surface area contributed by atoms with Gasteiger partial charge in [-0.2, -0.15) is 10.2 Å². The predicted octanol–water partition coefficient (Wildman–Crippen LogP) is 2.32. The number of carboxylic acid groups (broad SMARTS) is 1. The van der Waals surface area contributed by atoms with Crippen LogP contribution in [0.1, 0.15) is 24.0 Å². The van der Waals surface area contributed by atoms with Crippen LogP contribution in [0.2, 0.25) is 0 Å². The highest BCUT2D eigenvalue weighted by Crippen LogP contribution is 2.33. The Morgan fingerprint density at radius 2 is 1.87 bits per heavy atom. The Hall–Kier alpha value is -2.70. The third-order valence-electron chi connectivity index (χ3n) is 4.04. The van der Waals surface area contributed by atoms with Crippen molar-refractivity contribution < 1.29 is 9.90 Å². The minimum atomic E-state index is -0.937. The van der Waals surface area contributed by atoms with Crippen LogP contribution in [0.5, 0.6) is 0 Å².